The molecule has 35 heavy (non-hydrogen) atoms. The van der Waals surface area contributed by atoms with Crippen molar-refractivity contribution in [3.8, 4) is 0 Å². The molecule has 2 aromatic carbocycles. The monoisotopic (exact) mass is 515 g/mol. The Morgan fingerprint density at radius 1 is 1.11 bits per heavy atom. The zero-order valence-electron chi connectivity index (χ0n) is 18.8. The first-order valence-electron chi connectivity index (χ1n) is 10.9. The van der Waals surface area contributed by atoms with E-state index in [1.54, 1.807) is 6.92 Å². The van der Waals surface area contributed by atoms with Gasteiger partial charge in [-0.15, -0.1) is 0 Å². The summed E-state index contributed by atoms with van der Waals surface area (Å²) >= 11 is 0. The summed E-state index contributed by atoms with van der Waals surface area (Å²) in [6.45, 7) is 0.544. The predicted molar refractivity (Wildman–Crippen MR) is 119 cm³/mol. The lowest BCUT2D eigenvalue weighted by Gasteiger charge is -2.44. The van der Waals surface area contributed by atoms with Crippen LogP contribution in [0.5, 0.6) is 0 Å². The quantitative estimate of drug-likeness (QED) is 0.514. The van der Waals surface area contributed by atoms with Gasteiger partial charge in [-0.3, -0.25) is 4.79 Å². The third kappa shape index (κ3) is 5.20. The average Bonchev–Trinajstić information content (AvgIpc) is 3.05. The van der Waals surface area contributed by atoms with Crippen LogP contribution < -0.4 is 14.8 Å². The fraction of sp³-hybridized carbons (Fsp3) is 0.435. The Bertz CT molecular complexity index is 1200. The lowest BCUT2D eigenvalue weighted by Crippen LogP contribution is -2.64. The molecular weight excluding hydrogens is 490 g/mol. The number of carbonyl (C=O) groups is 1. The second-order valence-electron chi connectivity index (χ2n) is 8.97. The zero-order valence-corrected chi connectivity index (χ0v) is 19.6. The Balaban J connectivity index is 1.57. The van der Waals surface area contributed by atoms with Crippen molar-refractivity contribution in [2.24, 2.45) is 0 Å². The highest BCUT2D eigenvalue weighted by molar-refractivity contribution is 7.88. The van der Waals surface area contributed by atoms with E-state index in [9.17, 15) is 30.8 Å². The number of benzene rings is 2. The van der Waals surface area contributed by atoms with Crippen LogP contribution in [0.1, 0.15) is 48.1 Å². The predicted octanol–water partition coefficient (Wildman–Crippen LogP) is 3.23. The molecule has 1 spiro atoms. The topological polar surface area (TPSA) is 96.5 Å². The Morgan fingerprint density at radius 3 is 2.37 bits per heavy atom. The zero-order chi connectivity index (χ0) is 25.5. The van der Waals surface area contributed by atoms with Crippen LogP contribution in [-0.2, 0) is 38.1 Å². The second-order valence-corrected chi connectivity index (χ2v) is 10.4. The smallest absolute Gasteiger partial charge is 0.372 e. The number of amides is 1. The van der Waals surface area contributed by atoms with Gasteiger partial charge < -0.3 is 10.1 Å². The number of rotatable bonds is 6. The molecule has 3 atom stereocenters. The molecule has 0 radical (unpaired) electrons. The molecule has 7 nitrogen and oxygen atoms in total. The molecule has 1 amide bonds. The Hall–Kier alpha value is -2.54. The minimum atomic E-state index is -4.63. The number of alkyl halides is 4. The second kappa shape index (κ2) is 9.16. The molecule has 4 rings (SSSR count). The Labute approximate surface area is 200 Å². The number of piperidine rings is 1. The van der Waals surface area contributed by atoms with Crippen molar-refractivity contribution in [2.45, 2.75) is 49.8 Å². The van der Waals surface area contributed by atoms with E-state index >= 15 is 0 Å². The number of nitrogens with one attached hydrogen (secondary N) is 3. The van der Waals surface area contributed by atoms with Crippen LogP contribution in [0.3, 0.4) is 0 Å². The van der Waals surface area contributed by atoms with Crippen molar-refractivity contribution in [1.82, 2.24) is 14.8 Å². The summed E-state index contributed by atoms with van der Waals surface area (Å²) in [5.74, 6) is -0.649. The van der Waals surface area contributed by atoms with Crippen LogP contribution >= 0.6 is 0 Å². The van der Waals surface area contributed by atoms with Gasteiger partial charge in [0.25, 0.3) is 5.91 Å². The summed E-state index contributed by atoms with van der Waals surface area (Å²) < 4.78 is 87.2. The molecular formula is C23H25F4N3O4S. The minimum absolute atomic E-state index is 0.0136. The maximum Gasteiger partial charge on any atom is 0.416 e. The molecule has 0 saturated carbocycles. The number of ether oxygens (including phenoxy) is 1. The number of halogens is 4. The first-order valence-corrected chi connectivity index (χ1v) is 12.4. The molecule has 0 bridgehead atoms. The lowest BCUT2D eigenvalue weighted by molar-refractivity contribution is -0.137. The molecule has 2 aromatic rings. The van der Waals surface area contributed by atoms with E-state index in [1.165, 1.54) is 6.07 Å². The van der Waals surface area contributed by atoms with Crippen molar-refractivity contribution >= 4 is 16.1 Å². The van der Waals surface area contributed by atoms with E-state index in [2.05, 4.69) is 10.0 Å². The van der Waals surface area contributed by atoms with Gasteiger partial charge in [-0.05, 0) is 48.6 Å². The van der Waals surface area contributed by atoms with Crippen molar-refractivity contribution in [3.63, 3.8) is 0 Å². The lowest BCUT2D eigenvalue weighted by atomic mass is 9.76. The minimum Gasteiger partial charge on any atom is -0.372 e. The number of hydrogen-bond acceptors (Lipinski definition) is 5. The van der Waals surface area contributed by atoms with Gasteiger partial charge in [0.2, 0.25) is 0 Å². The molecule has 3 N–H and O–H groups in total. The van der Waals surface area contributed by atoms with Gasteiger partial charge in [-0.25, -0.2) is 9.11 Å². The molecule has 12 heteroatoms. The van der Waals surface area contributed by atoms with Gasteiger partial charge in [0.15, 0.2) is 0 Å². The van der Waals surface area contributed by atoms with Gasteiger partial charge in [0.1, 0.15) is 12.2 Å². The summed E-state index contributed by atoms with van der Waals surface area (Å²) in [5.41, 5.74) is -2.21. The van der Waals surface area contributed by atoms with Crippen LogP contribution in [0, 0.1) is 0 Å². The van der Waals surface area contributed by atoms with Crippen LogP contribution in [0.2, 0.25) is 0 Å². The standard InChI is InChI=1S/C23H25F4N3O4S/c1-15(17-9-16(12-24)10-19(11-17)23(25,26)27)34-14-22(18-5-3-2-4-6-18)8-7-21(13-28-22)20(31)29-35(32,33)30-21/h2-6,9-11,15,28,30H,7-8,12-14H2,1H3,(H,29,31)/t15-,21+,22-/m1/s1. The van der Waals surface area contributed by atoms with Crippen LogP contribution in [0.4, 0.5) is 17.6 Å². The van der Waals surface area contributed by atoms with Crippen LogP contribution in [-0.4, -0.2) is 33.0 Å². The fourth-order valence-electron chi connectivity index (χ4n) is 4.52. The maximum absolute atomic E-state index is 13.3. The molecule has 2 aliphatic rings. The summed E-state index contributed by atoms with van der Waals surface area (Å²) in [7, 11) is -3.93. The number of carbonyl (C=O) groups excluding carboxylic acids is 1. The molecule has 0 unspecified atom stereocenters. The summed E-state index contributed by atoms with van der Waals surface area (Å²) in [6.07, 6.45) is -4.95. The fourth-order valence-corrected chi connectivity index (χ4v) is 5.79. The van der Waals surface area contributed by atoms with Gasteiger partial charge in [0.05, 0.1) is 23.8 Å². The third-order valence-corrected chi connectivity index (χ3v) is 7.68. The molecule has 2 saturated heterocycles. The highest BCUT2D eigenvalue weighted by Gasteiger charge is 2.54. The van der Waals surface area contributed by atoms with E-state index in [1.807, 2.05) is 35.1 Å². The first kappa shape index (κ1) is 25.5. The van der Waals surface area contributed by atoms with Gasteiger partial charge >= 0.3 is 16.4 Å². The summed E-state index contributed by atoms with van der Waals surface area (Å²) in [6, 6.07) is 12.2. The van der Waals surface area contributed by atoms with E-state index in [4.69, 9.17) is 4.74 Å². The summed E-state index contributed by atoms with van der Waals surface area (Å²) in [5, 5.41) is 3.26. The van der Waals surface area contributed by atoms with Crippen molar-refractivity contribution < 1.29 is 35.5 Å². The molecule has 2 aliphatic heterocycles. The molecule has 0 aromatic heterocycles. The highest BCUT2D eigenvalue weighted by atomic mass is 32.2. The van der Waals surface area contributed by atoms with Crippen LogP contribution in [0.25, 0.3) is 0 Å². The van der Waals surface area contributed by atoms with Gasteiger partial charge in [-0.1, -0.05) is 36.4 Å². The first-order chi connectivity index (χ1) is 16.4. The molecule has 0 aliphatic carbocycles. The average molecular weight is 516 g/mol. The van der Waals surface area contributed by atoms with E-state index in [-0.39, 0.29) is 30.7 Å². The summed E-state index contributed by atoms with van der Waals surface area (Å²) in [4.78, 5) is 12.4. The number of hydrogen-bond donors (Lipinski definition) is 3. The Kier molecular flexibility index (Phi) is 6.68. The van der Waals surface area contributed by atoms with Crippen molar-refractivity contribution in [1.29, 1.82) is 0 Å². The molecule has 2 fully saturated rings. The van der Waals surface area contributed by atoms with Crippen molar-refractivity contribution in [3.05, 3.63) is 70.8 Å². The van der Waals surface area contributed by atoms with E-state index in [0.29, 0.717) is 6.42 Å². The van der Waals surface area contributed by atoms with Crippen molar-refractivity contribution in [2.75, 3.05) is 13.2 Å². The van der Waals surface area contributed by atoms with E-state index in [0.717, 1.165) is 17.7 Å². The normalized spacial score (nSPS) is 27.1. The van der Waals surface area contributed by atoms with E-state index < -0.39 is 51.7 Å². The maximum atomic E-state index is 13.3. The van der Waals surface area contributed by atoms with Gasteiger partial charge in [-0.2, -0.15) is 26.3 Å². The highest BCUT2D eigenvalue weighted by Crippen LogP contribution is 2.38. The SMILES string of the molecule is C[C@@H](OC[C@@]1(c2ccccc2)CC[C@@]2(CN1)NS(=O)(=O)NC2=O)c1cc(CF)cc(C(F)(F)F)c1. The third-order valence-electron chi connectivity index (χ3n) is 6.57. The van der Waals surface area contributed by atoms with Crippen LogP contribution in [0.15, 0.2) is 48.5 Å². The molecule has 2 heterocycles. The van der Waals surface area contributed by atoms with Gasteiger partial charge in [0, 0.05) is 6.54 Å². The Morgan fingerprint density at radius 2 is 1.83 bits per heavy atom. The largest absolute Gasteiger partial charge is 0.416 e. The molecule has 190 valence electrons.